The number of tetrazole rings is 1. The molecule has 3 atom stereocenters. The quantitative estimate of drug-likeness (QED) is 0.602. The Kier molecular flexibility index (Phi) is 1.23. The Hall–Kier alpha value is -0.970. The Morgan fingerprint density at radius 2 is 2.17 bits per heavy atom. The summed E-state index contributed by atoms with van der Waals surface area (Å²) in [5.74, 6) is 3.57. The molecule has 0 amide bonds. The van der Waals surface area contributed by atoms with Crippen LogP contribution in [-0.2, 0) is 6.42 Å². The Morgan fingerprint density at radius 1 is 1.33 bits per heavy atom. The van der Waals surface area contributed by atoms with E-state index in [4.69, 9.17) is 0 Å². The predicted octanol–water partition coefficient (Wildman–Crippen LogP) is -0.792. The molecule has 2 heterocycles. The van der Waals surface area contributed by atoms with E-state index in [0.717, 1.165) is 30.0 Å². The monoisotopic (exact) mass is 165 g/mol. The van der Waals surface area contributed by atoms with E-state index in [9.17, 15) is 0 Å². The van der Waals surface area contributed by atoms with E-state index in [2.05, 4.69) is 25.9 Å². The van der Waals surface area contributed by atoms with Crippen LogP contribution in [0.15, 0.2) is 0 Å². The molecule has 0 unspecified atom stereocenters. The van der Waals surface area contributed by atoms with Crippen molar-refractivity contribution in [3.05, 3.63) is 5.82 Å². The highest BCUT2D eigenvalue weighted by Gasteiger charge is 2.52. The highest BCUT2D eigenvalue weighted by molar-refractivity contribution is 5.06. The highest BCUT2D eigenvalue weighted by atomic mass is 15.5. The standard InChI is InChI=1S/C7H11N5/c1(7-9-11-12-10-7)4-5-2-8-3-6(4)5/h4-6,8H,1-3H2,(H,9,10,11,12)/t4-,5-,6+. The van der Waals surface area contributed by atoms with E-state index in [1.165, 1.54) is 13.1 Å². The Balaban J connectivity index is 1.65. The molecule has 2 fully saturated rings. The number of aromatic amines is 1. The lowest BCUT2D eigenvalue weighted by atomic mass is 10.2. The number of hydrogen-bond acceptors (Lipinski definition) is 4. The fraction of sp³-hybridized carbons (Fsp3) is 0.857. The lowest BCUT2D eigenvalue weighted by Crippen LogP contribution is -2.15. The maximum atomic E-state index is 3.89. The summed E-state index contributed by atoms with van der Waals surface area (Å²) in [4.78, 5) is 0. The van der Waals surface area contributed by atoms with Crippen molar-refractivity contribution in [3.63, 3.8) is 0 Å². The van der Waals surface area contributed by atoms with E-state index in [1.54, 1.807) is 0 Å². The number of hydrogen-bond donors (Lipinski definition) is 2. The van der Waals surface area contributed by atoms with Gasteiger partial charge in [0.05, 0.1) is 0 Å². The molecule has 1 saturated carbocycles. The van der Waals surface area contributed by atoms with E-state index < -0.39 is 0 Å². The van der Waals surface area contributed by atoms with Crippen LogP contribution in [0.4, 0.5) is 0 Å². The fourth-order valence-electron chi connectivity index (χ4n) is 2.34. The second-order valence-electron chi connectivity index (χ2n) is 3.70. The van der Waals surface area contributed by atoms with E-state index >= 15 is 0 Å². The van der Waals surface area contributed by atoms with Gasteiger partial charge >= 0.3 is 0 Å². The van der Waals surface area contributed by atoms with Crippen molar-refractivity contribution in [1.29, 1.82) is 0 Å². The van der Waals surface area contributed by atoms with Crippen molar-refractivity contribution in [3.8, 4) is 0 Å². The zero-order valence-electron chi connectivity index (χ0n) is 6.70. The molecule has 0 radical (unpaired) electrons. The first-order chi connectivity index (χ1) is 5.95. The molecule has 1 aromatic heterocycles. The zero-order valence-corrected chi connectivity index (χ0v) is 6.70. The molecule has 2 aliphatic rings. The van der Waals surface area contributed by atoms with Gasteiger partial charge in [-0.05, 0) is 41.3 Å². The van der Waals surface area contributed by atoms with Crippen LogP contribution in [0.1, 0.15) is 5.82 Å². The van der Waals surface area contributed by atoms with Gasteiger partial charge in [0, 0.05) is 6.42 Å². The molecule has 0 bridgehead atoms. The van der Waals surface area contributed by atoms with Crippen LogP contribution in [0.25, 0.3) is 0 Å². The molecule has 1 aromatic rings. The van der Waals surface area contributed by atoms with Crippen molar-refractivity contribution < 1.29 is 0 Å². The Morgan fingerprint density at radius 3 is 2.83 bits per heavy atom. The van der Waals surface area contributed by atoms with Crippen LogP contribution in [0.5, 0.6) is 0 Å². The molecule has 0 spiro atoms. The highest BCUT2D eigenvalue weighted by Crippen LogP contribution is 2.49. The molecule has 2 N–H and O–H groups in total. The molecule has 3 rings (SSSR count). The number of aromatic nitrogens is 4. The molecule has 1 aliphatic heterocycles. The van der Waals surface area contributed by atoms with E-state index in [1.807, 2.05) is 0 Å². The summed E-state index contributed by atoms with van der Waals surface area (Å²) in [6.45, 7) is 2.38. The first kappa shape index (κ1) is 6.54. The SMILES string of the molecule is C1NC[C@H]2[C@@H]1[C@@H]2Cc1nnn[nH]1. The summed E-state index contributed by atoms with van der Waals surface area (Å²) in [7, 11) is 0. The van der Waals surface area contributed by atoms with Gasteiger partial charge in [-0.2, -0.15) is 0 Å². The van der Waals surface area contributed by atoms with Crippen molar-refractivity contribution in [2.24, 2.45) is 17.8 Å². The molecular weight excluding hydrogens is 154 g/mol. The molecule has 1 saturated heterocycles. The van der Waals surface area contributed by atoms with Gasteiger partial charge < -0.3 is 5.32 Å². The van der Waals surface area contributed by atoms with Crippen LogP contribution in [0, 0.1) is 17.8 Å². The number of rotatable bonds is 2. The molecule has 1 aliphatic carbocycles. The first-order valence-corrected chi connectivity index (χ1v) is 4.38. The lowest BCUT2D eigenvalue weighted by molar-refractivity contribution is 0.581. The average molecular weight is 165 g/mol. The number of fused-ring (bicyclic) bond motifs is 1. The smallest absolute Gasteiger partial charge is 0.148 e. The van der Waals surface area contributed by atoms with Crippen LogP contribution in [0.3, 0.4) is 0 Å². The summed E-state index contributed by atoms with van der Waals surface area (Å²) < 4.78 is 0. The molecule has 5 nitrogen and oxygen atoms in total. The van der Waals surface area contributed by atoms with Crippen molar-refractivity contribution in [2.45, 2.75) is 6.42 Å². The molecule has 64 valence electrons. The minimum atomic E-state index is 0.834. The summed E-state index contributed by atoms with van der Waals surface area (Å²) in [5, 5.41) is 17.2. The summed E-state index contributed by atoms with van der Waals surface area (Å²) in [6, 6.07) is 0. The minimum absolute atomic E-state index is 0.834. The van der Waals surface area contributed by atoms with Gasteiger partial charge in [0.1, 0.15) is 5.82 Å². The lowest BCUT2D eigenvalue weighted by Gasteiger charge is -1.99. The Bertz CT molecular complexity index is 259. The van der Waals surface area contributed by atoms with Crippen LogP contribution in [0.2, 0.25) is 0 Å². The number of piperidine rings is 1. The van der Waals surface area contributed by atoms with Gasteiger partial charge in [0.25, 0.3) is 0 Å². The van der Waals surface area contributed by atoms with Gasteiger partial charge in [-0.3, -0.25) is 0 Å². The third-order valence-corrected chi connectivity index (χ3v) is 3.09. The summed E-state index contributed by atoms with van der Waals surface area (Å²) >= 11 is 0. The van der Waals surface area contributed by atoms with Gasteiger partial charge in [-0.15, -0.1) is 5.10 Å². The molecular formula is C7H11N5. The van der Waals surface area contributed by atoms with Crippen molar-refractivity contribution in [1.82, 2.24) is 25.9 Å². The third kappa shape index (κ3) is 0.859. The van der Waals surface area contributed by atoms with Crippen LogP contribution >= 0.6 is 0 Å². The fourth-order valence-corrected chi connectivity index (χ4v) is 2.34. The second kappa shape index (κ2) is 2.26. The topological polar surface area (TPSA) is 66.5 Å². The van der Waals surface area contributed by atoms with Crippen molar-refractivity contribution >= 4 is 0 Å². The van der Waals surface area contributed by atoms with Gasteiger partial charge in [-0.1, -0.05) is 0 Å². The van der Waals surface area contributed by atoms with Gasteiger partial charge in [0.15, 0.2) is 0 Å². The van der Waals surface area contributed by atoms with Gasteiger partial charge in [0.2, 0.25) is 0 Å². The second-order valence-corrected chi connectivity index (χ2v) is 3.70. The first-order valence-electron chi connectivity index (χ1n) is 4.38. The van der Waals surface area contributed by atoms with Crippen LogP contribution < -0.4 is 5.32 Å². The van der Waals surface area contributed by atoms with Crippen LogP contribution in [-0.4, -0.2) is 33.7 Å². The van der Waals surface area contributed by atoms with Crippen molar-refractivity contribution in [2.75, 3.05) is 13.1 Å². The van der Waals surface area contributed by atoms with E-state index in [0.29, 0.717) is 0 Å². The predicted molar refractivity (Wildman–Crippen MR) is 41.2 cm³/mol. The number of nitrogens with zero attached hydrogens (tertiary/aromatic N) is 3. The molecule has 12 heavy (non-hydrogen) atoms. The van der Waals surface area contributed by atoms with E-state index in [-0.39, 0.29) is 0 Å². The maximum absolute atomic E-state index is 3.89. The average Bonchev–Trinajstić information content (AvgIpc) is 2.59. The minimum Gasteiger partial charge on any atom is -0.316 e. The zero-order chi connectivity index (χ0) is 7.97. The summed E-state index contributed by atoms with van der Waals surface area (Å²) in [5.41, 5.74) is 0. The normalized spacial score (nSPS) is 38.2. The summed E-state index contributed by atoms with van der Waals surface area (Å²) in [6.07, 6.45) is 1.03. The number of nitrogens with one attached hydrogen (secondary N) is 2. The third-order valence-electron chi connectivity index (χ3n) is 3.09. The van der Waals surface area contributed by atoms with Gasteiger partial charge in [-0.25, -0.2) is 5.10 Å². The number of H-pyrrole nitrogens is 1. The molecule has 0 aromatic carbocycles. The maximum Gasteiger partial charge on any atom is 0.148 e. The largest absolute Gasteiger partial charge is 0.316 e. The molecule has 5 heteroatoms. The Labute approximate surface area is 69.9 Å².